The molecule has 0 aromatic heterocycles. The largest absolute Gasteiger partial charge is 0.336 e. The van der Waals surface area contributed by atoms with Crippen molar-refractivity contribution in [3.05, 3.63) is 41.0 Å². The van der Waals surface area contributed by atoms with Crippen LogP contribution in [0.2, 0.25) is 0 Å². The summed E-state index contributed by atoms with van der Waals surface area (Å²) >= 11 is 0. The van der Waals surface area contributed by atoms with Gasteiger partial charge >= 0.3 is 0 Å². The second-order valence-corrected chi connectivity index (χ2v) is 10.1. The van der Waals surface area contributed by atoms with Gasteiger partial charge in [-0.2, -0.15) is 0 Å². The van der Waals surface area contributed by atoms with Gasteiger partial charge in [-0.3, -0.25) is 4.79 Å². The Hall–Kier alpha value is -1.62. The molecule has 140 valence electrons. The van der Waals surface area contributed by atoms with Crippen LogP contribution in [0.5, 0.6) is 0 Å². The maximum absolute atomic E-state index is 12.8. The van der Waals surface area contributed by atoms with Crippen molar-refractivity contribution in [2.45, 2.75) is 74.8 Å². The van der Waals surface area contributed by atoms with Crippen LogP contribution in [0.4, 0.5) is 0 Å². The second kappa shape index (κ2) is 6.84. The molecule has 2 aliphatic heterocycles. The first-order valence-electron chi connectivity index (χ1n) is 9.72. The third-order valence-electron chi connectivity index (χ3n) is 6.31. The Balaban J connectivity index is 1.37. The van der Waals surface area contributed by atoms with Gasteiger partial charge < -0.3 is 4.90 Å². The molecule has 0 radical (unpaired) electrons. The molecule has 3 fully saturated rings. The summed E-state index contributed by atoms with van der Waals surface area (Å²) in [5.41, 5.74) is 4.36. The Morgan fingerprint density at radius 2 is 1.65 bits per heavy atom. The van der Waals surface area contributed by atoms with Crippen molar-refractivity contribution in [2.24, 2.45) is 0 Å². The van der Waals surface area contributed by atoms with Gasteiger partial charge in [-0.15, -0.1) is 0 Å². The minimum absolute atomic E-state index is 0.266. The highest BCUT2D eigenvalue weighted by molar-refractivity contribution is 7.90. The van der Waals surface area contributed by atoms with Gasteiger partial charge in [0.15, 0.2) is 9.84 Å². The molecule has 1 saturated carbocycles. The van der Waals surface area contributed by atoms with E-state index in [4.69, 9.17) is 0 Å². The molecule has 2 saturated heterocycles. The molecule has 3 aliphatic rings. The lowest BCUT2D eigenvalue weighted by Crippen LogP contribution is -2.45. The number of allylic oxidation sites excluding steroid dienone is 1. The Kier molecular flexibility index (Phi) is 4.68. The number of benzene rings is 1. The predicted molar refractivity (Wildman–Crippen MR) is 102 cm³/mol. The van der Waals surface area contributed by atoms with E-state index in [9.17, 15) is 13.2 Å². The first-order valence-corrected chi connectivity index (χ1v) is 11.6. The number of piperidine rings is 1. The summed E-state index contributed by atoms with van der Waals surface area (Å²) in [6, 6.07) is 7.75. The van der Waals surface area contributed by atoms with E-state index in [0.29, 0.717) is 29.8 Å². The number of hydrogen-bond donors (Lipinski definition) is 0. The zero-order valence-electron chi connectivity index (χ0n) is 15.4. The number of sulfone groups is 1. The summed E-state index contributed by atoms with van der Waals surface area (Å²) in [5.74, 6) is 0.266. The summed E-state index contributed by atoms with van der Waals surface area (Å²) in [6.07, 6.45) is 10.8. The van der Waals surface area contributed by atoms with Gasteiger partial charge in [0, 0.05) is 24.8 Å². The van der Waals surface area contributed by atoms with Crippen LogP contribution in [-0.2, 0) is 21.1 Å². The van der Waals surface area contributed by atoms with Gasteiger partial charge in [-0.1, -0.05) is 23.3 Å². The lowest BCUT2D eigenvalue weighted by atomic mass is 9.82. The van der Waals surface area contributed by atoms with Crippen LogP contribution >= 0.6 is 0 Å². The Morgan fingerprint density at radius 3 is 2.15 bits per heavy atom. The number of rotatable bonds is 4. The van der Waals surface area contributed by atoms with E-state index in [1.807, 2.05) is 12.1 Å². The van der Waals surface area contributed by atoms with Crippen LogP contribution < -0.4 is 0 Å². The smallest absolute Gasteiger partial charge is 0.223 e. The monoisotopic (exact) mass is 373 g/mol. The molecule has 2 atom stereocenters. The maximum atomic E-state index is 12.8. The summed E-state index contributed by atoms with van der Waals surface area (Å²) in [6.45, 7) is 0. The summed E-state index contributed by atoms with van der Waals surface area (Å²) in [4.78, 5) is 15.3. The van der Waals surface area contributed by atoms with Crippen molar-refractivity contribution in [3.8, 4) is 0 Å². The van der Waals surface area contributed by atoms with E-state index in [2.05, 4.69) is 4.90 Å². The third kappa shape index (κ3) is 3.46. The fourth-order valence-electron chi connectivity index (χ4n) is 4.70. The molecule has 2 bridgehead atoms. The molecule has 4 nitrogen and oxygen atoms in total. The second-order valence-electron chi connectivity index (χ2n) is 8.07. The molecule has 0 spiro atoms. The number of amides is 1. The maximum Gasteiger partial charge on any atom is 0.223 e. The van der Waals surface area contributed by atoms with Gasteiger partial charge in [0.1, 0.15) is 0 Å². The van der Waals surface area contributed by atoms with Crippen molar-refractivity contribution < 1.29 is 13.2 Å². The Morgan fingerprint density at radius 1 is 1.04 bits per heavy atom. The van der Waals surface area contributed by atoms with Crippen molar-refractivity contribution in [1.29, 1.82) is 0 Å². The molecule has 1 aromatic carbocycles. The van der Waals surface area contributed by atoms with Crippen LogP contribution in [0.1, 0.15) is 56.9 Å². The van der Waals surface area contributed by atoms with Crippen LogP contribution in [-0.4, -0.2) is 37.6 Å². The minimum Gasteiger partial charge on any atom is -0.336 e. The molecule has 2 heterocycles. The first-order chi connectivity index (χ1) is 12.4. The molecule has 2 unspecified atom stereocenters. The van der Waals surface area contributed by atoms with E-state index in [0.717, 1.165) is 31.2 Å². The molecule has 0 N–H and O–H groups in total. The van der Waals surface area contributed by atoms with E-state index in [1.165, 1.54) is 25.5 Å². The van der Waals surface area contributed by atoms with Crippen LogP contribution in [0, 0.1) is 0 Å². The lowest BCUT2D eigenvalue weighted by Gasteiger charge is -2.38. The SMILES string of the molecule is CS(=O)(=O)c1ccc(CCC(=O)N2C3CCC2CC(=C2CCC2)C3)cc1. The molecule has 1 aliphatic carbocycles. The standard InChI is InChI=1S/C21H27NO3S/c1-26(24,25)20-10-5-15(6-11-20)7-12-21(23)22-18-8-9-19(22)14-17(13-18)16-3-2-4-16/h5-6,10-11,18-19H,2-4,7-9,12-14H2,1H3. The quantitative estimate of drug-likeness (QED) is 0.757. The van der Waals surface area contributed by atoms with E-state index in [1.54, 1.807) is 23.3 Å². The topological polar surface area (TPSA) is 54.5 Å². The molecule has 4 rings (SSSR count). The fourth-order valence-corrected chi connectivity index (χ4v) is 5.33. The summed E-state index contributed by atoms with van der Waals surface area (Å²) in [7, 11) is -3.16. The summed E-state index contributed by atoms with van der Waals surface area (Å²) < 4.78 is 23.1. The van der Waals surface area contributed by atoms with Gasteiger partial charge in [0.05, 0.1) is 4.90 Å². The van der Waals surface area contributed by atoms with Gasteiger partial charge in [-0.25, -0.2) is 8.42 Å². The fraction of sp³-hybridized carbons (Fsp3) is 0.571. The first kappa shape index (κ1) is 17.8. The van der Waals surface area contributed by atoms with E-state index >= 15 is 0 Å². The van der Waals surface area contributed by atoms with Gasteiger partial charge in [0.2, 0.25) is 5.91 Å². The zero-order chi connectivity index (χ0) is 18.3. The summed E-state index contributed by atoms with van der Waals surface area (Å²) in [5, 5.41) is 0. The minimum atomic E-state index is -3.16. The predicted octanol–water partition coefficient (Wildman–Crippen LogP) is 3.66. The molecular formula is C21H27NO3S. The number of aryl methyl sites for hydroxylation is 1. The zero-order valence-corrected chi connectivity index (χ0v) is 16.2. The average molecular weight is 374 g/mol. The van der Waals surface area contributed by atoms with Crippen molar-refractivity contribution in [2.75, 3.05) is 6.26 Å². The normalized spacial score (nSPS) is 25.3. The van der Waals surface area contributed by atoms with E-state index < -0.39 is 9.84 Å². The van der Waals surface area contributed by atoms with Crippen molar-refractivity contribution in [3.63, 3.8) is 0 Å². The third-order valence-corrected chi connectivity index (χ3v) is 7.44. The molecular weight excluding hydrogens is 346 g/mol. The highest BCUT2D eigenvalue weighted by Crippen LogP contribution is 2.43. The van der Waals surface area contributed by atoms with Crippen molar-refractivity contribution in [1.82, 2.24) is 4.90 Å². The Labute approximate surface area is 156 Å². The number of fused-ring (bicyclic) bond motifs is 2. The van der Waals surface area contributed by atoms with Crippen molar-refractivity contribution >= 4 is 15.7 Å². The number of carbonyl (C=O) groups excluding carboxylic acids is 1. The van der Waals surface area contributed by atoms with E-state index in [-0.39, 0.29) is 5.91 Å². The molecule has 5 heteroatoms. The van der Waals surface area contributed by atoms with Crippen LogP contribution in [0.3, 0.4) is 0 Å². The van der Waals surface area contributed by atoms with Crippen LogP contribution in [0.15, 0.2) is 40.3 Å². The molecule has 1 amide bonds. The number of carbonyl (C=O) groups is 1. The molecule has 26 heavy (non-hydrogen) atoms. The van der Waals surface area contributed by atoms with Crippen LogP contribution in [0.25, 0.3) is 0 Å². The molecule has 1 aromatic rings. The highest BCUT2D eigenvalue weighted by atomic mass is 32.2. The highest BCUT2D eigenvalue weighted by Gasteiger charge is 2.41. The lowest BCUT2D eigenvalue weighted by molar-refractivity contribution is -0.134. The Bertz CT molecular complexity index is 817. The van der Waals surface area contributed by atoms with Gasteiger partial charge in [-0.05, 0) is 69.1 Å². The average Bonchev–Trinajstić information content (AvgIpc) is 2.81. The van der Waals surface area contributed by atoms with Gasteiger partial charge in [0.25, 0.3) is 0 Å². The number of hydrogen-bond acceptors (Lipinski definition) is 3. The number of nitrogens with zero attached hydrogens (tertiary/aromatic N) is 1.